The lowest BCUT2D eigenvalue weighted by Gasteiger charge is -2.28. The van der Waals surface area contributed by atoms with Gasteiger partial charge in [-0.2, -0.15) is 0 Å². The smallest absolute Gasteiger partial charge is 0.322 e. The molecule has 0 spiro atoms. The van der Waals surface area contributed by atoms with Crippen LogP contribution in [-0.4, -0.2) is 62.9 Å². The van der Waals surface area contributed by atoms with E-state index >= 15 is 0 Å². The van der Waals surface area contributed by atoms with Crippen molar-refractivity contribution in [3.63, 3.8) is 0 Å². The number of likely N-dealkylation sites (N-methyl/N-ethyl adjacent to an activating group) is 1. The highest BCUT2D eigenvalue weighted by molar-refractivity contribution is 5.75. The van der Waals surface area contributed by atoms with E-state index < -0.39 is 0 Å². The molecule has 0 aromatic rings. The molecule has 1 rings (SSSR count). The van der Waals surface area contributed by atoms with Gasteiger partial charge in [0.05, 0.1) is 13.7 Å². The first kappa shape index (κ1) is 16.4. The van der Waals surface area contributed by atoms with Crippen LogP contribution in [0.25, 0.3) is 0 Å². The van der Waals surface area contributed by atoms with Crippen molar-refractivity contribution in [3.8, 4) is 0 Å². The third kappa shape index (κ3) is 5.89. The zero-order valence-corrected chi connectivity index (χ0v) is 12.6. The van der Waals surface area contributed by atoms with Gasteiger partial charge in [-0.3, -0.25) is 9.69 Å². The van der Waals surface area contributed by atoms with Crippen LogP contribution in [0.4, 0.5) is 0 Å². The highest BCUT2D eigenvalue weighted by Crippen LogP contribution is 2.20. The standard InChI is InChI=1S/C14H28N2O3/c1-5-16(11(2)10-18-3)9-8-13(14(17)19-4)15-12-6-7-12/h11-13,15H,5-10H2,1-4H3. The van der Waals surface area contributed by atoms with Crippen molar-refractivity contribution in [1.82, 2.24) is 10.2 Å². The van der Waals surface area contributed by atoms with Crippen LogP contribution < -0.4 is 5.32 Å². The lowest BCUT2D eigenvalue weighted by atomic mass is 10.1. The Morgan fingerprint density at radius 2 is 2.11 bits per heavy atom. The molecule has 0 aromatic heterocycles. The number of methoxy groups -OCH3 is 2. The van der Waals surface area contributed by atoms with Crippen molar-refractivity contribution in [1.29, 1.82) is 0 Å². The SMILES string of the molecule is CCN(CCC(NC1CC1)C(=O)OC)C(C)COC. The number of nitrogens with zero attached hydrogens (tertiary/aromatic N) is 1. The zero-order valence-electron chi connectivity index (χ0n) is 12.6. The van der Waals surface area contributed by atoms with E-state index in [0.29, 0.717) is 18.7 Å². The van der Waals surface area contributed by atoms with Crippen LogP contribution in [0.3, 0.4) is 0 Å². The molecule has 1 saturated carbocycles. The molecule has 2 unspecified atom stereocenters. The fraction of sp³-hybridized carbons (Fsp3) is 0.929. The molecule has 112 valence electrons. The third-order valence-corrected chi connectivity index (χ3v) is 3.64. The Hall–Kier alpha value is -0.650. The van der Waals surface area contributed by atoms with Crippen LogP contribution in [0.15, 0.2) is 0 Å². The van der Waals surface area contributed by atoms with Crippen LogP contribution >= 0.6 is 0 Å². The maximum absolute atomic E-state index is 11.7. The summed E-state index contributed by atoms with van der Waals surface area (Å²) in [7, 11) is 3.17. The number of hydrogen-bond donors (Lipinski definition) is 1. The van der Waals surface area contributed by atoms with E-state index in [1.165, 1.54) is 20.0 Å². The predicted octanol–water partition coefficient (Wildman–Crippen LogP) is 1.03. The van der Waals surface area contributed by atoms with Crippen LogP contribution in [0.5, 0.6) is 0 Å². The largest absolute Gasteiger partial charge is 0.468 e. The number of rotatable bonds is 10. The van der Waals surface area contributed by atoms with Crippen molar-refractivity contribution in [2.24, 2.45) is 0 Å². The van der Waals surface area contributed by atoms with E-state index in [0.717, 1.165) is 19.5 Å². The van der Waals surface area contributed by atoms with Gasteiger partial charge in [-0.1, -0.05) is 6.92 Å². The third-order valence-electron chi connectivity index (χ3n) is 3.64. The number of carbonyl (C=O) groups excluding carboxylic acids is 1. The minimum Gasteiger partial charge on any atom is -0.468 e. The summed E-state index contributed by atoms with van der Waals surface area (Å²) >= 11 is 0. The number of ether oxygens (including phenoxy) is 2. The summed E-state index contributed by atoms with van der Waals surface area (Å²) in [6.45, 7) is 6.83. The molecule has 1 aliphatic rings. The Kier molecular flexibility index (Phi) is 7.34. The van der Waals surface area contributed by atoms with Gasteiger partial charge in [-0.25, -0.2) is 0 Å². The molecule has 0 aromatic carbocycles. The Morgan fingerprint density at radius 1 is 1.42 bits per heavy atom. The van der Waals surface area contributed by atoms with Crippen molar-refractivity contribution in [3.05, 3.63) is 0 Å². The van der Waals surface area contributed by atoms with Crippen molar-refractivity contribution in [2.45, 2.75) is 51.2 Å². The average Bonchev–Trinajstić information content (AvgIpc) is 3.21. The van der Waals surface area contributed by atoms with Gasteiger partial charge in [0.15, 0.2) is 0 Å². The monoisotopic (exact) mass is 272 g/mol. The fourth-order valence-electron chi connectivity index (χ4n) is 2.28. The quantitative estimate of drug-likeness (QED) is 0.602. The molecule has 5 nitrogen and oxygen atoms in total. The first-order chi connectivity index (χ1) is 9.12. The maximum atomic E-state index is 11.7. The molecule has 0 saturated heterocycles. The van der Waals surface area contributed by atoms with Crippen LogP contribution in [-0.2, 0) is 14.3 Å². The van der Waals surface area contributed by atoms with Gasteiger partial charge in [0.1, 0.15) is 6.04 Å². The molecule has 0 radical (unpaired) electrons. The van der Waals surface area contributed by atoms with Crippen LogP contribution in [0, 0.1) is 0 Å². The molecule has 0 amide bonds. The fourth-order valence-corrected chi connectivity index (χ4v) is 2.28. The van der Waals surface area contributed by atoms with Gasteiger partial charge in [-0.05, 0) is 32.7 Å². The lowest BCUT2D eigenvalue weighted by Crippen LogP contribution is -2.44. The highest BCUT2D eigenvalue weighted by Gasteiger charge is 2.29. The molecule has 1 aliphatic carbocycles. The zero-order chi connectivity index (χ0) is 14.3. The van der Waals surface area contributed by atoms with Gasteiger partial charge in [-0.15, -0.1) is 0 Å². The van der Waals surface area contributed by atoms with Gasteiger partial charge in [0.25, 0.3) is 0 Å². The summed E-state index contributed by atoms with van der Waals surface area (Å²) in [4.78, 5) is 14.1. The second kappa shape index (κ2) is 8.51. The van der Waals surface area contributed by atoms with E-state index in [9.17, 15) is 4.79 Å². The minimum atomic E-state index is -0.179. The van der Waals surface area contributed by atoms with Crippen molar-refractivity contribution >= 4 is 5.97 Å². The summed E-state index contributed by atoms with van der Waals surface area (Å²) in [6.07, 6.45) is 3.13. The van der Waals surface area contributed by atoms with Crippen molar-refractivity contribution < 1.29 is 14.3 Å². The first-order valence-electron chi connectivity index (χ1n) is 7.19. The van der Waals surface area contributed by atoms with E-state index in [2.05, 4.69) is 24.1 Å². The maximum Gasteiger partial charge on any atom is 0.322 e. The first-order valence-corrected chi connectivity index (χ1v) is 7.19. The van der Waals surface area contributed by atoms with E-state index in [1.54, 1.807) is 7.11 Å². The second-order valence-corrected chi connectivity index (χ2v) is 5.24. The van der Waals surface area contributed by atoms with Crippen molar-refractivity contribution in [2.75, 3.05) is 33.9 Å². The Labute approximate surface area is 116 Å². The molecule has 1 fully saturated rings. The number of hydrogen-bond acceptors (Lipinski definition) is 5. The molecule has 5 heteroatoms. The van der Waals surface area contributed by atoms with Crippen LogP contribution in [0.1, 0.15) is 33.1 Å². The number of carbonyl (C=O) groups is 1. The molecule has 1 N–H and O–H groups in total. The van der Waals surface area contributed by atoms with Gasteiger partial charge in [0, 0.05) is 25.7 Å². The van der Waals surface area contributed by atoms with Gasteiger partial charge in [0.2, 0.25) is 0 Å². The lowest BCUT2D eigenvalue weighted by molar-refractivity contribution is -0.143. The number of nitrogens with one attached hydrogen (secondary N) is 1. The van der Waals surface area contributed by atoms with Crippen LogP contribution in [0.2, 0.25) is 0 Å². The number of esters is 1. The minimum absolute atomic E-state index is 0.151. The van der Waals surface area contributed by atoms with E-state index in [4.69, 9.17) is 9.47 Å². The normalized spacial score (nSPS) is 18.4. The summed E-state index contributed by atoms with van der Waals surface area (Å²) < 4.78 is 10.1. The topological polar surface area (TPSA) is 50.8 Å². The summed E-state index contributed by atoms with van der Waals surface area (Å²) in [5, 5.41) is 3.36. The molecule has 2 atom stereocenters. The summed E-state index contributed by atoms with van der Waals surface area (Å²) in [5.74, 6) is -0.151. The molecule has 0 aliphatic heterocycles. The Balaban J connectivity index is 2.41. The van der Waals surface area contributed by atoms with Gasteiger partial charge >= 0.3 is 5.97 Å². The molecule has 0 bridgehead atoms. The average molecular weight is 272 g/mol. The van der Waals surface area contributed by atoms with E-state index in [-0.39, 0.29) is 12.0 Å². The molecule has 19 heavy (non-hydrogen) atoms. The molecule has 0 heterocycles. The molecular formula is C14H28N2O3. The second-order valence-electron chi connectivity index (χ2n) is 5.24. The van der Waals surface area contributed by atoms with E-state index in [1.807, 2.05) is 0 Å². The highest BCUT2D eigenvalue weighted by atomic mass is 16.5. The Bertz CT molecular complexity index is 269. The Morgan fingerprint density at radius 3 is 2.58 bits per heavy atom. The van der Waals surface area contributed by atoms with Gasteiger partial charge < -0.3 is 14.8 Å². The molecular weight excluding hydrogens is 244 g/mol. The summed E-state index contributed by atoms with van der Waals surface area (Å²) in [6, 6.07) is 0.700. The predicted molar refractivity (Wildman–Crippen MR) is 75.2 cm³/mol. The summed E-state index contributed by atoms with van der Waals surface area (Å²) in [5.41, 5.74) is 0.